The number of carbonyl (C=O) groups excluding carboxylic acids is 2. The van der Waals surface area contributed by atoms with Crippen molar-refractivity contribution in [3.8, 4) is 0 Å². The summed E-state index contributed by atoms with van der Waals surface area (Å²) in [6.45, 7) is 11.9. The van der Waals surface area contributed by atoms with Crippen molar-refractivity contribution in [2.75, 3.05) is 19.0 Å². The number of guanidine groups is 1. The number of carbonyl (C=O) groups is 2. The summed E-state index contributed by atoms with van der Waals surface area (Å²) in [5, 5.41) is 5.72. The highest BCUT2D eigenvalue weighted by Gasteiger charge is 2.20. The highest BCUT2D eigenvalue weighted by Crippen LogP contribution is 2.32. The third kappa shape index (κ3) is 9.73. The second-order valence-corrected chi connectivity index (χ2v) is 9.57. The molecule has 1 aromatic carbocycles. The van der Waals surface area contributed by atoms with Gasteiger partial charge < -0.3 is 15.8 Å². The summed E-state index contributed by atoms with van der Waals surface area (Å²) < 4.78 is 9.16. The van der Waals surface area contributed by atoms with Crippen molar-refractivity contribution in [1.82, 2.24) is 9.69 Å². The fraction of sp³-hybridized carbons (Fsp3) is 0.360. The number of amides is 2. The van der Waals surface area contributed by atoms with Crippen LogP contribution in [0, 0.1) is 6.92 Å². The minimum Gasteiger partial charge on any atom is -0.380 e. The van der Waals surface area contributed by atoms with E-state index in [2.05, 4.69) is 20.0 Å². The van der Waals surface area contributed by atoms with Gasteiger partial charge in [-0.1, -0.05) is 40.9 Å². The lowest BCUT2D eigenvalue weighted by Gasteiger charge is -2.10. The Kier molecular flexibility index (Phi) is 13.4. The van der Waals surface area contributed by atoms with Crippen LogP contribution in [0.25, 0.3) is 5.57 Å². The van der Waals surface area contributed by atoms with E-state index in [4.69, 9.17) is 33.7 Å². The van der Waals surface area contributed by atoms with Crippen molar-refractivity contribution < 1.29 is 14.3 Å². The molecule has 0 atom stereocenters. The lowest BCUT2D eigenvalue weighted by atomic mass is 10.1. The zero-order chi connectivity index (χ0) is 27.4. The fourth-order valence-electron chi connectivity index (χ4n) is 2.76. The van der Waals surface area contributed by atoms with E-state index in [0.29, 0.717) is 22.5 Å². The van der Waals surface area contributed by atoms with Gasteiger partial charge in [-0.3, -0.25) is 14.9 Å². The number of halogens is 2. The first kappa shape index (κ1) is 31.3. The second kappa shape index (κ2) is 15.4. The number of aliphatic imine (C=N–C) groups is 1. The summed E-state index contributed by atoms with van der Waals surface area (Å²) >= 11 is 13.6. The van der Waals surface area contributed by atoms with Crippen molar-refractivity contribution in [3.63, 3.8) is 0 Å². The molecule has 0 saturated carbocycles. The minimum atomic E-state index is -0.370. The molecule has 4 N–H and O–H groups in total. The number of aryl methyl sites for hydroxylation is 1. The molecule has 0 aliphatic rings. The summed E-state index contributed by atoms with van der Waals surface area (Å²) in [5.74, 6) is -0.689. The van der Waals surface area contributed by atoms with Gasteiger partial charge in [0.25, 0.3) is 5.91 Å². The number of benzene rings is 1. The molecule has 11 heteroatoms. The number of nitrogens with zero attached hydrogens (tertiary/aromatic N) is 2. The van der Waals surface area contributed by atoms with E-state index in [1.807, 2.05) is 46.8 Å². The van der Waals surface area contributed by atoms with Crippen LogP contribution in [0.15, 0.2) is 34.9 Å². The van der Waals surface area contributed by atoms with E-state index in [0.717, 1.165) is 17.1 Å². The van der Waals surface area contributed by atoms with Crippen molar-refractivity contribution in [2.45, 2.75) is 48.1 Å². The molecule has 1 heterocycles. The number of nitrogens with one attached hydrogen (secondary N) is 2. The maximum absolute atomic E-state index is 12.6. The number of methoxy groups -OCH3 is 1. The van der Waals surface area contributed by atoms with Crippen LogP contribution in [0.4, 0.5) is 5.69 Å². The number of nitrogens with two attached hydrogens (primary N) is 1. The Balaban J connectivity index is 0.000000809. The van der Waals surface area contributed by atoms with Gasteiger partial charge in [0.15, 0.2) is 5.96 Å². The molecular formula is C25H33Cl2N5O3S. The molecule has 2 aromatic rings. The van der Waals surface area contributed by atoms with Crippen molar-refractivity contribution in [3.05, 3.63) is 61.6 Å². The topological polar surface area (TPSA) is 119 Å². The number of allylic oxidation sites excluding steroid dienone is 3. The summed E-state index contributed by atoms with van der Waals surface area (Å²) in [4.78, 5) is 28.8. The molecule has 0 aliphatic heterocycles. The summed E-state index contributed by atoms with van der Waals surface area (Å²) in [5.41, 5.74) is 10.2. The molecule has 0 bridgehead atoms. The highest BCUT2D eigenvalue weighted by molar-refractivity contribution is 7.06. The van der Waals surface area contributed by atoms with Crippen molar-refractivity contribution in [1.29, 1.82) is 0 Å². The Morgan fingerprint density at radius 2 is 1.78 bits per heavy atom. The number of ether oxygens (including phenoxy) is 1. The number of hydrogen-bond donors (Lipinski definition) is 3. The van der Waals surface area contributed by atoms with Crippen LogP contribution in [0.1, 0.15) is 61.1 Å². The molecule has 2 amide bonds. The predicted molar refractivity (Wildman–Crippen MR) is 151 cm³/mol. The largest absolute Gasteiger partial charge is 0.380 e. The predicted octanol–water partition coefficient (Wildman–Crippen LogP) is 5.98. The lowest BCUT2D eigenvalue weighted by molar-refractivity contribution is -0.114. The average molecular weight is 555 g/mol. The van der Waals surface area contributed by atoms with Crippen molar-refractivity contribution in [2.24, 2.45) is 10.7 Å². The fourth-order valence-corrected chi connectivity index (χ4v) is 4.13. The molecule has 0 fully saturated rings. The van der Waals surface area contributed by atoms with Crippen molar-refractivity contribution >= 4 is 63.8 Å². The highest BCUT2D eigenvalue weighted by atomic mass is 35.5. The lowest BCUT2D eigenvalue weighted by Crippen LogP contribution is -2.37. The molecule has 1 aromatic heterocycles. The Hall–Kier alpha value is -2.72. The van der Waals surface area contributed by atoms with E-state index >= 15 is 0 Å². The van der Waals surface area contributed by atoms with E-state index in [1.165, 1.54) is 24.0 Å². The third-order valence-corrected chi connectivity index (χ3v) is 6.19. The van der Waals surface area contributed by atoms with Crippen LogP contribution < -0.4 is 16.4 Å². The molecular weight excluding hydrogens is 521 g/mol. The Bertz CT molecular complexity index is 1150. The Morgan fingerprint density at radius 1 is 1.17 bits per heavy atom. The van der Waals surface area contributed by atoms with Gasteiger partial charge in [0, 0.05) is 18.9 Å². The smallest absolute Gasteiger partial charge is 0.261 e. The zero-order valence-electron chi connectivity index (χ0n) is 21.6. The summed E-state index contributed by atoms with van der Waals surface area (Å²) in [6.07, 6.45) is 3.93. The van der Waals surface area contributed by atoms with E-state index in [9.17, 15) is 9.59 Å². The van der Waals surface area contributed by atoms with Gasteiger partial charge in [0.2, 0.25) is 5.91 Å². The minimum absolute atomic E-state index is 0.0390. The van der Waals surface area contributed by atoms with E-state index < -0.39 is 0 Å². The molecule has 36 heavy (non-hydrogen) atoms. The number of anilines is 1. The van der Waals surface area contributed by atoms with Crippen LogP contribution in [0.3, 0.4) is 0 Å². The van der Waals surface area contributed by atoms with Gasteiger partial charge in [0.1, 0.15) is 0 Å². The molecule has 0 unspecified atom stereocenters. The molecule has 0 spiro atoms. The normalized spacial score (nSPS) is 12.1. The van der Waals surface area contributed by atoms with Crippen LogP contribution in [0.5, 0.6) is 0 Å². The van der Waals surface area contributed by atoms with Gasteiger partial charge >= 0.3 is 0 Å². The first-order valence-electron chi connectivity index (χ1n) is 11.0. The maximum atomic E-state index is 12.6. The first-order valence-corrected chi connectivity index (χ1v) is 12.5. The number of rotatable bonds is 7. The molecule has 0 saturated heterocycles. The van der Waals surface area contributed by atoms with Gasteiger partial charge in [-0.05, 0) is 69.4 Å². The van der Waals surface area contributed by atoms with E-state index in [-0.39, 0.29) is 34.4 Å². The second-order valence-electron chi connectivity index (χ2n) is 7.77. The zero-order valence-corrected chi connectivity index (χ0v) is 23.9. The van der Waals surface area contributed by atoms with Crippen LogP contribution in [-0.2, 0) is 16.1 Å². The summed E-state index contributed by atoms with van der Waals surface area (Å²) in [6, 6.07) is 3.25. The van der Waals surface area contributed by atoms with Gasteiger partial charge in [-0.15, -0.1) is 0 Å². The molecule has 2 rings (SSSR count). The molecule has 196 valence electrons. The number of aromatic nitrogens is 1. The number of hydrogen-bond acceptors (Lipinski definition) is 6. The standard InChI is InChI=1S/C19H21Cl2N5O2S.C6H12O/c1-5-9(2)16-15(10(3)29-26-16)18(28)25-19(22)23-8-12-6-13(20)17(14(21)7-12)24-11(4)27;1-4-6(2)5-7-3/h5-7H,8H2,1-4H3,(H,24,27)(H3,22,23,25,28);4H,5H2,1-3H3/b9-5+;6-4+. The molecule has 0 aliphatic carbocycles. The van der Waals surface area contributed by atoms with Crippen LogP contribution >= 0.6 is 34.7 Å². The molecule has 8 nitrogen and oxygen atoms in total. The van der Waals surface area contributed by atoms with E-state index in [1.54, 1.807) is 19.2 Å². The Labute approximate surface area is 226 Å². The van der Waals surface area contributed by atoms with Crippen LogP contribution in [-0.4, -0.2) is 35.9 Å². The van der Waals surface area contributed by atoms with Gasteiger partial charge in [-0.25, -0.2) is 4.99 Å². The first-order chi connectivity index (χ1) is 16.9. The average Bonchev–Trinajstić information content (AvgIpc) is 3.21. The Morgan fingerprint density at radius 3 is 2.25 bits per heavy atom. The molecule has 0 radical (unpaired) electrons. The third-order valence-electron chi connectivity index (χ3n) is 4.84. The van der Waals surface area contributed by atoms with Gasteiger partial charge in [-0.2, -0.15) is 4.37 Å². The maximum Gasteiger partial charge on any atom is 0.261 e. The quantitative estimate of drug-likeness (QED) is 0.221. The SMILES string of the molecule is C/C=C(\C)COC.C/C=C(\C)c1nsc(C)c1C(=O)NC(N)=NCc1cc(Cl)c(NC(C)=O)c(Cl)c1. The monoisotopic (exact) mass is 553 g/mol. The van der Waals surface area contributed by atoms with Crippen LogP contribution in [0.2, 0.25) is 10.0 Å². The van der Waals surface area contributed by atoms with Gasteiger partial charge in [0.05, 0.1) is 40.1 Å². The summed E-state index contributed by atoms with van der Waals surface area (Å²) in [7, 11) is 1.70.